The molecule has 6 nitrogen and oxygen atoms in total. The van der Waals surface area contributed by atoms with Crippen molar-refractivity contribution in [1.29, 1.82) is 0 Å². The maximum atomic E-state index is 11.1. The molecule has 2 N–H and O–H groups in total. The van der Waals surface area contributed by atoms with E-state index in [1.165, 1.54) is 7.05 Å². The molecule has 0 rings (SSSR count). The maximum Gasteiger partial charge on any atom is 0.304 e. The van der Waals surface area contributed by atoms with Crippen LogP contribution in [0, 0.1) is 0 Å². The van der Waals surface area contributed by atoms with Crippen molar-refractivity contribution in [2.75, 3.05) is 18.6 Å². The number of rotatable bonds is 6. The van der Waals surface area contributed by atoms with E-state index in [1.54, 1.807) is 0 Å². The second kappa shape index (κ2) is 5.58. The van der Waals surface area contributed by atoms with Crippen LogP contribution >= 0.6 is 0 Å². The Morgan fingerprint density at radius 2 is 1.71 bits per heavy atom. The Balaban J connectivity index is 3.96. The molecule has 0 bridgehead atoms. The minimum atomic E-state index is -3.42. The van der Waals surface area contributed by atoms with E-state index in [2.05, 4.69) is 5.32 Å². The van der Waals surface area contributed by atoms with E-state index >= 15 is 0 Å². The van der Waals surface area contributed by atoms with Gasteiger partial charge in [-0.15, -0.1) is 0 Å². The predicted octanol–water partition coefficient (Wildman–Crippen LogP) is -0.988. The van der Waals surface area contributed by atoms with E-state index in [4.69, 9.17) is 5.11 Å². The molecule has 0 aromatic rings. The summed E-state index contributed by atoms with van der Waals surface area (Å²) in [4.78, 5) is 20.8. The van der Waals surface area contributed by atoms with Crippen molar-refractivity contribution in [2.24, 2.45) is 0 Å². The van der Waals surface area contributed by atoms with Gasteiger partial charge in [-0.05, 0) is 0 Å². The van der Waals surface area contributed by atoms with Crippen molar-refractivity contribution in [2.45, 2.75) is 12.8 Å². The molecule has 0 saturated heterocycles. The molecule has 0 unspecified atom stereocenters. The first-order valence-electron chi connectivity index (χ1n) is 4.00. The maximum absolute atomic E-state index is 11.1. The van der Waals surface area contributed by atoms with Gasteiger partial charge >= 0.3 is 5.97 Å². The fourth-order valence-corrected chi connectivity index (χ4v) is 1.90. The molecule has 0 atom stereocenters. The first-order chi connectivity index (χ1) is 6.37. The van der Waals surface area contributed by atoms with E-state index in [-0.39, 0.29) is 18.1 Å². The van der Waals surface area contributed by atoms with E-state index < -0.39 is 28.0 Å². The number of sulfone groups is 1. The van der Waals surface area contributed by atoms with Crippen LogP contribution in [0.25, 0.3) is 0 Å². The third-order valence-corrected chi connectivity index (χ3v) is 3.20. The molecule has 0 aliphatic rings. The molecule has 0 saturated carbocycles. The lowest BCUT2D eigenvalue weighted by atomic mass is 10.5. The number of hydrogen-bond acceptors (Lipinski definition) is 4. The third kappa shape index (κ3) is 6.41. The van der Waals surface area contributed by atoms with Gasteiger partial charge in [-0.25, -0.2) is 8.42 Å². The lowest BCUT2D eigenvalue weighted by molar-refractivity contribution is -0.136. The summed E-state index contributed by atoms with van der Waals surface area (Å²) in [5.41, 5.74) is 0. The van der Waals surface area contributed by atoms with Crippen molar-refractivity contribution in [3.8, 4) is 0 Å². The fraction of sp³-hybridized carbons (Fsp3) is 0.714. The second-order valence-corrected chi connectivity index (χ2v) is 5.02. The van der Waals surface area contributed by atoms with Crippen LogP contribution in [0.2, 0.25) is 0 Å². The average Bonchev–Trinajstić information content (AvgIpc) is 2.11. The summed E-state index contributed by atoms with van der Waals surface area (Å²) in [6.45, 7) is 0. The number of carboxylic acids is 1. The number of nitrogens with one attached hydrogen (secondary N) is 1. The van der Waals surface area contributed by atoms with E-state index in [0.29, 0.717) is 0 Å². The topological polar surface area (TPSA) is 101 Å². The highest BCUT2D eigenvalue weighted by Crippen LogP contribution is 1.97. The smallest absolute Gasteiger partial charge is 0.304 e. The predicted molar refractivity (Wildman–Crippen MR) is 49.6 cm³/mol. The Morgan fingerprint density at radius 3 is 2.14 bits per heavy atom. The minimum absolute atomic E-state index is 0.127. The molecule has 0 aromatic carbocycles. The molecular weight excluding hydrogens is 210 g/mol. The van der Waals surface area contributed by atoms with Crippen LogP contribution in [0.5, 0.6) is 0 Å². The van der Waals surface area contributed by atoms with Gasteiger partial charge < -0.3 is 10.4 Å². The molecule has 1 amide bonds. The summed E-state index contributed by atoms with van der Waals surface area (Å²) in [6, 6.07) is 0. The van der Waals surface area contributed by atoms with E-state index in [0.717, 1.165) is 0 Å². The highest BCUT2D eigenvalue weighted by atomic mass is 32.2. The lowest BCUT2D eigenvalue weighted by Crippen LogP contribution is -2.23. The number of carboxylic acid groups (broad SMARTS) is 1. The molecule has 0 fully saturated rings. The van der Waals surface area contributed by atoms with Gasteiger partial charge in [0.1, 0.15) is 0 Å². The normalized spacial score (nSPS) is 10.9. The Hall–Kier alpha value is -1.11. The van der Waals surface area contributed by atoms with Gasteiger partial charge in [-0.3, -0.25) is 9.59 Å². The highest BCUT2D eigenvalue weighted by Gasteiger charge is 2.14. The van der Waals surface area contributed by atoms with Gasteiger partial charge in [0.05, 0.1) is 17.9 Å². The molecule has 82 valence electrons. The molecular formula is C7H13NO5S. The van der Waals surface area contributed by atoms with Crippen molar-refractivity contribution in [3.63, 3.8) is 0 Å². The van der Waals surface area contributed by atoms with Crippen LogP contribution in [0.3, 0.4) is 0 Å². The molecule has 7 heteroatoms. The quantitative estimate of drug-likeness (QED) is 0.602. The first-order valence-corrected chi connectivity index (χ1v) is 5.82. The first kappa shape index (κ1) is 12.9. The number of amides is 1. The summed E-state index contributed by atoms with van der Waals surface area (Å²) in [6.07, 6.45) is -0.547. The van der Waals surface area contributed by atoms with Gasteiger partial charge in [0.15, 0.2) is 9.84 Å². The van der Waals surface area contributed by atoms with Gasteiger partial charge in [-0.1, -0.05) is 0 Å². The van der Waals surface area contributed by atoms with Crippen molar-refractivity contribution in [1.82, 2.24) is 5.32 Å². The zero-order valence-electron chi connectivity index (χ0n) is 7.82. The van der Waals surface area contributed by atoms with Gasteiger partial charge in [-0.2, -0.15) is 0 Å². The van der Waals surface area contributed by atoms with Crippen LogP contribution < -0.4 is 5.32 Å². The summed E-state index contributed by atoms with van der Waals surface area (Å²) in [5.74, 6) is -2.25. The number of carbonyl (C=O) groups is 2. The zero-order valence-corrected chi connectivity index (χ0v) is 8.63. The zero-order chi connectivity index (χ0) is 11.2. The SMILES string of the molecule is CNC(=O)CCS(=O)(=O)CCC(=O)O. The fourth-order valence-electron chi connectivity index (χ4n) is 0.718. The van der Waals surface area contributed by atoms with Crippen LogP contribution in [-0.2, 0) is 19.4 Å². The van der Waals surface area contributed by atoms with E-state index in [1.807, 2.05) is 0 Å². The summed E-state index contributed by atoms with van der Waals surface area (Å²) < 4.78 is 22.2. The molecule has 0 radical (unpaired) electrons. The Kier molecular flexibility index (Phi) is 5.14. The van der Waals surface area contributed by atoms with Crippen LogP contribution in [0.15, 0.2) is 0 Å². The van der Waals surface area contributed by atoms with Crippen molar-refractivity contribution in [3.05, 3.63) is 0 Å². The standard InChI is InChI=1S/C7H13NO5S/c1-8-6(9)2-4-14(12,13)5-3-7(10)11/h2-5H2,1H3,(H,8,9)(H,10,11). The van der Waals surface area contributed by atoms with Crippen LogP contribution in [-0.4, -0.2) is 44.0 Å². The number of carbonyl (C=O) groups excluding carboxylic acids is 1. The van der Waals surface area contributed by atoms with Gasteiger partial charge in [0.25, 0.3) is 0 Å². The third-order valence-electron chi connectivity index (χ3n) is 1.55. The van der Waals surface area contributed by atoms with Crippen molar-refractivity contribution >= 4 is 21.7 Å². The number of aliphatic carboxylic acids is 1. The van der Waals surface area contributed by atoms with Gasteiger partial charge in [0, 0.05) is 13.5 Å². The second-order valence-electron chi connectivity index (χ2n) is 2.72. The minimum Gasteiger partial charge on any atom is -0.481 e. The van der Waals surface area contributed by atoms with Crippen molar-refractivity contribution < 1.29 is 23.1 Å². The highest BCUT2D eigenvalue weighted by molar-refractivity contribution is 7.91. The monoisotopic (exact) mass is 223 g/mol. The summed E-state index contributed by atoms with van der Waals surface area (Å²) >= 11 is 0. The molecule has 14 heavy (non-hydrogen) atoms. The van der Waals surface area contributed by atoms with Gasteiger partial charge in [0.2, 0.25) is 5.91 Å². The summed E-state index contributed by atoms with van der Waals surface area (Å²) in [5, 5.41) is 10.5. The van der Waals surface area contributed by atoms with E-state index in [9.17, 15) is 18.0 Å². The average molecular weight is 223 g/mol. The molecule has 0 aliphatic heterocycles. The molecule has 0 spiro atoms. The number of hydrogen-bond donors (Lipinski definition) is 2. The lowest BCUT2D eigenvalue weighted by Gasteiger charge is -2.01. The Morgan fingerprint density at radius 1 is 1.21 bits per heavy atom. The summed E-state index contributed by atoms with van der Waals surface area (Å²) in [7, 11) is -2.01. The van der Waals surface area contributed by atoms with Crippen LogP contribution in [0.4, 0.5) is 0 Å². The molecule has 0 aliphatic carbocycles. The van der Waals surface area contributed by atoms with Crippen LogP contribution in [0.1, 0.15) is 12.8 Å². The molecule has 0 aromatic heterocycles. The molecule has 0 heterocycles. The Labute approximate surface area is 82.2 Å². The Bertz CT molecular complexity index is 308. The largest absolute Gasteiger partial charge is 0.481 e.